The largest absolute Gasteiger partial charge is 0.481 e. The molecular formula is C18H18BrClN2O2. The first kappa shape index (κ1) is 16.3. The Labute approximate surface area is 154 Å². The Bertz CT molecular complexity index is 772. The van der Waals surface area contributed by atoms with Gasteiger partial charge in [0.1, 0.15) is 0 Å². The zero-order valence-electron chi connectivity index (χ0n) is 13.4. The van der Waals surface area contributed by atoms with Gasteiger partial charge in [-0.15, -0.1) is 0 Å². The normalized spacial score (nSPS) is 19.0. The minimum Gasteiger partial charge on any atom is -0.481 e. The number of methoxy groups -OCH3 is 1. The van der Waals surface area contributed by atoms with Crippen molar-refractivity contribution in [2.45, 2.75) is 6.54 Å². The van der Waals surface area contributed by atoms with E-state index in [4.69, 9.17) is 21.1 Å². The van der Waals surface area contributed by atoms with Gasteiger partial charge in [-0.25, -0.2) is 4.98 Å². The molecule has 126 valence electrons. The van der Waals surface area contributed by atoms with Crippen molar-refractivity contribution in [3.8, 4) is 17.1 Å². The molecule has 0 amide bonds. The van der Waals surface area contributed by atoms with E-state index in [1.807, 2.05) is 24.3 Å². The summed E-state index contributed by atoms with van der Waals surface area (Å²) in [6.07, 6.45) is 0. The average molecular weight is 410 g/mol. The number of hydrogen-bond donors (Lipinski definition) is 0. The molecule has 2 aromatic rings. The maximum absolute atomic E-state index is 6.39. The summed E-state index contributed by atoms with van der Waals surface area (Å²) in [7, 11) is 1.66. The highest BCUT2D eigenvalue weighted by atomic mass is 79.9. The van der Waals surface area contributed by atoms with Crippen LogP contribution in [0, 0.1) is 5.41 Å². The molecule has 1 aromatic carbocycles. The zero-order chi connectivity index (χ0) is 16.7. The van der Waals surface area contributed by atoms with Crippen molar-refractivity contribution in [2.75, 3.05) is 33.4 Å². The second-order valence-electron chi connectivity index (χ2n) is 6.60. The molecule has 3 heterocycles. The Morgan fingerprint density at radius 2 is 2.08 bits per heavy atom. The Kier molecular flexibility index (Phi) is 4.29. The molecular weight excluding hydrogens is 392 g/mol. The molecule has 0 N–H and O–H groups in total. The number of benzene rings is 1. The van der Waals surface area contributed by atoms with Gasteiger partial charge in [0.25, 0.3) is 0 Å². The number of likely N-dealkylation sites (tertiary alicyclic amines) is 1. The van der Waals surface area contributed by atoms with Crippen molar-refractivity contribution >= 4 is 27.5 Å². The first-order chi connectivity index (χ1) is 11.6. The number of nitrogens with zero attached hydrogens (tertiary/aromatic N) is 2. The van der Waals surface area contributed by atoms with Crippen LogP contribution in [0.4, 0.5) is 0 Å². The average Bonchev–Trinajstić information content (AvgIpc) is 2.51. The van der Waals surface area contributed by atoms with Crippen molar-refractivity contribution in [1.29, 1.82) is 0 Å². The molecule has 4 nitrogen and oxygen atoms in total. The quantitative estimate of drug-likeness (QED) is 0.764. The van der Waals surface area contributed by atoms with E-state index in [1.165, 1.54) is 0 Å². The van der Waals surface area contributed by atoms with Crippen molar-refractivity contribution in [3.63, 3.8) is 0 Å². The fourth-order valence-corrected chi connectivity index (χ4v) is 4.04. The predicted molar refractivity (Wildman–Crippen MR) is 97.5 cm³/mol. The van der Waals surface area contributed by atoms with Crippen molar-refractivity contribution in [1.82, 2.24) is 9.88 Å². The van der Waals surface area contributed by atoms with Gasteiger partial charge in [-0.2, -0.15) is 0 Å². The first-order valence-electron chi connectivity index (χ1n) is 7.89. The van der Waals surface area contributed by atoms with Crippen LogP contribution in [0.3, 0.4) is 0 Å². The van der Waals surface area contributed by atoms with Crippen LogP contribution >= 0.6 is 27.5 Å². The van der Waals surface area contributed by atoms with Gasteiger partial charge < -0.3 is 9.47 Å². The lowest BCUT2D eigenvalue weighted by atomic mass is 9.78. The standard InChI is InChI=1S/C18H18BrClN2O2/c1-23-17-12(7-22-8-18(9-22)10-24-11-18)5-6-15(21-17)13-3-2-4-14(19)16(13)20/h2-6H,7-11H2,1H3. The van der Waals surface area contributed by atoms with Crippen LogP contribution in [-0.4, -0.2) is 43.3 Å². The highest BCUT2D eigenvalue weighted by Gasteiger charge is 2.48. The van der Waals surface area contributed by atoms with Gasteiger partial charge >= 0.3 is 0 Å². The van der Waals surface area contributed by atoms with Gasteiger partial charge in [-0.05, 0) is 28.1 Å². The molecule has 2 fully saturated rings. The molecule has 6 heteroatoms. The van der Waals surface area contributed by atoms with Gasteiger partial charge in [0.15, 0.2) is 0 Å². The Morgan fingerprint density at radius 3 is 2.75 bits per heavy atom. The zero-order valence-corrected chi connectivity index (χ0v) is 15.7. The second-order valence-corrected chi connectivity index (χ2v) is 7.84. The Hall–Kier alpha value is -1.14. The SMILES string of the molecule is COc1nc(-c2cccc(Br)c2Cl)ccc1CN1CC2(COC2)C1. The topological polar surface area (TPSA) is 34.6 Å². The first-order valence-corrected chi connectivity index (χ1v) is 9.06. The lowest BCUT2D eigenvalue weighted by Gasteiger charge is -2.55. The molecule has 4 rings (SSSR count). The van der Waals surface area contributed by atoms with E-state index in [9.17, 15) is 0 Å². The Balaban J connectivity index is 1.55. The summed E-state index contributed by atoms with van der Waals surface area (Å²) >= 11 is 9.84. The molecule has 0 saturated carbocycles. The van der Waals surface area contributed by atoms with E-state index >= 15 is 0 Å². The minimum absolute atomic E-state index is 0.421. The van der Waals surface area contributed by atoms with E-state index in [2.05, 4.69) is 31.9 Å². The molecule has 1 spiro atoms. The molecule has 2 aliphatic rings. The van der Waals surface area contributed by atoms with Crippen molar-refractivity contribution < 1.29 is 9.47 Å². The third kappa shape index (κ3) is 2.84. The fourth-order valence-electron chi connectivity index (χ4n) is 3.45. The lowest BCUT2D eigenvalue weighted by molar-refractivity contribution is -0.191. The molecule has 0 radical (unpaired) electrons. The van der Waals surface area contributed by atoms with Crippen LogP contribution in [0.25, 0.3) is 11.3 Å². The van der Waals surface area contributed by atoms with Crippen molar-refractivity contribution in [3.05, 3.63) is 45.4 Å². The molecule has 0 atom stereocenters. The third-order valence-corrected chi connectivity index (χ3v) is 5.98. The summed E-state index contributed by atoms with van der Waals surface area (Å²) in [5.41, 5.74) is 3.23. The van der Waals surface area contributed by atoms with E-state index < -0.39 is 0 Å². The summed E-state index contributed by atoms with van der Waals surface area (Å²) in [6, 6.07) is 9.92. The van der Waals surface area contributed by atoms with Crippen LogP contribution in [0.1, 0.15) is 5.56 Å². The number of hydrogen-bond acceptors (Lipinski definition) is 4. The summed E-state index contributed by atoms with van der Waals surface area (Å²) in [5.74, 6) is 0.661. The number of ether oxygens (including phenoxy) is 2. The molecule has 0 bridgehead atoms. The smallest absolute Gasteiger partial charge is 0.218 e. The third-order valence-electron chi connectivity index (χ3n) is 4.69. The number of aromatic nitrogens is 1. The summed E-state index contributed by atoms with van der Waals surface area (Å²) in [6.45, 7) is 4.84. The van der Waals surface area contributed by atoms with Crippen LogP contribution in [0.5, 0.6) is 5.88 Å². The van der Waals surface area contributed by atoms with Gasteiger partial charge in [0.2, 0.25) is 5.88 Å². The van der Waals surface area contributed by atoms with Crippen LogP contribution in [0.2, 0.25) is 5.02 Å². The monoisotopic (exact) mass is 408 g/mol. The predicted octanol–water partition coefficient (Wildman–Crippen LogP) is 4.01. The molecule has 1 aromatic heterocycles. The Morgan fingerprint density at radius 1 is 1.29 bits per heavy atom. The van der Waals surface area contributed by atoms with Crippen LogP contribution in [0.15, 0.2) is 34.8 Å². The summed E-state index contributed by atoms with van der Waals surface area (Å²) < 4.78 is 11.7. The highest BCUT2D eigenvalue weighted by molar-refractivity contribution is 9.10. The summed E-state index contributed by atoms with van der Waals surface area (Å²) in [4.78, 5) is 7.08. The molecule has 2 saturated heterocycles. The number of halogens is 2. The highest BCUT2D eigenvalue weighted by Crippen LogP contribution is 2.39. The molecule has 2 aliphatic heterocycles. The summed E-state index contributed by atoms with van der Waals surface area (Å²) in [5, 5.41) is 0.662. The lowest BCUT2D eigenvalue weighted by Crippen LogP contribution is -2.65. The van der Waals surface area contributed by atoms with Gasteiger partial charge in [-0.1, -0.05) is 29.8 Å². The van der Waals surface area contributed by atoms with E-state index in [-0.39, 0.29) is 0 Å². The van der Waals surface area contributed by atoms with Crippen LogP contribution < -0.4 is 4.74 Å². The maximum atomic E-state index is 6.39. The van der Waals surface area contributed by atoms with E-state index in [0.29, 0.717) is 16.3 Å². The van der Waals surface area contributed by atoms with Gasteiger partial charge in [-0.3, -0.25) is 4.90 Å². The van der Waals surface area contributed by atoms with E-state index in [1.54, 1.807) is 7.11 Å². The second kappa shape index (κ2) is 6.30. The van der Waals surface area contributed by atoms with Crippen LogP contribution in [-0.2, 0) is 11.3 Å². The number of rotatable bonds is 4. The van der Waals surface area contributed by atoms with E-state index in [0.717, 1.165) is 54.1 Å². The van der Waals surface area contributed by atoms with Gasteiger partial charge in [0.05, 0.1) is 31.0 Å². The fraction of sp³-hybridized carbons (Fsp3) is 0.389. The minimum atomic E-state index is 0.421. The van der Waals surface area contributed by atoms with Gasteiger partial charge in [0, 0.05) is 40.6 Å². The molecule has 24 heavy (non-hydrogen) atoms. The maximum Gasteiger partial charge on any atom is 0.218 e. The number of pyridine rings is 1. The van der Waals surface area contributed by atoms with Crippen molar-refractivity contribution in [2.24, 2.45) is 5.41 Å². The molecule has 0 unspecified atom stereocenters. The molecule has 0 aliphatic carbocycles.